The second-order valence-corrected chi connectivity index (χ2v) is 6.05. The molecule has 0 bridgehead atoms. The summed E-state index contributed by atoms with van der Waals surface area (Å²) in [7, 11) is 2.06. The average Bonchev–Trinajstić information content (AvgIpc) is 2.50. The molecule has 0 saturated carbocycles. The van der Waals surface area contributed by atoms with E-state index in [2.05, 4.69) is 23.0 Å². The summed E-state index contributed by atoms with van der Waals surface area (Å²) in [5.41, 5.74) is 0.432. The number of hydrogen-bond donors (Lipinski definition) is 0. The van der Waals surface area contributed by atoms with Crippen LogP contribution in [0, 0.1) is 17.2 Å². The second-order valence-electron chi connectivity index (χ2n) is 6.05. The summed E-state index contributed by atoms with van der Waals surface area (Å²) >= 11 is 0. The zero-order valence-electron chi connectivity index (χ0n) is 12.7. The highest BCUT2D eigenvalue weighted by Crippen LogP contribution is 2.23. The van der Waals surface area contributed by atoms with Crippen LogP contribution in [0.3, 0.4) is 0 Å². The number of nitriles is 1. The van der Waals surface area contributed by atoms with E-state index in [1.807, 2.05) is 4.90 Å². The zero-order chi connectivity index (χ0) is 15.5. The minimum atomic E-state index is -0.0627. The van der Waals surface area contributed by atoms with Gasteiger partial charge in [0.05, 0.1) is 19.0 Å². The minimum absolute atomic E-state index is 0.0627. The lowest BCUT2D eigenvalue weighted by atomic mass is 9.95. The van der Waals surface area contributed by atoms with Crippen molar-refractivity contribution in [3.63, 3.8) is 0 Å². The van der Waals surface area contributed by atoms with Crippen LogP contribution < -0.4 is 4.74 Å². The van der Waals surface area contributed by atoms with E-state index in [1.54, 1.807) is 18.3 Å². The number of ether oxygens (including phenoxy) is 1. The number of aromatic nitrogens is 1. The molecule has 1 atom stereocenters. The van der Waals surface area contributed by atoms with Gasteiger partial charge in [-0.3, -0.25) is 4.79 Å². The van der Waals surface area contributed by atoms with Crippen molar-refractivity contribution in [1.29, 1.82) is 5.26 Å². The van der Waals surface area contributed by atoms with Gasteiger partial charge in [-0.25, -0.2) is 4.98 Å². The van der Waals surface area contributed by atoms with Crippen LogP contribution in [0.2, 0.25) is 0 Å². The first-order valence-corrected chi connectivity index (χ1v) is 7.66. The molecule has 116 valence electrons. The highest BCUT2D eigenvalue weighted by Gasteiger charge is 2.37. The average molecular weight is 300 g/mol. The predicted molar refractivity (Wildman–Crippen MR) is 80.2 cm³/mol. The van der Waals surface area contributed by atoms with Gasteiger partial charge >= 0.3 is 0 Å². The maximum Gasteiger partial charge on any atom is 0.232 e. The fourth-order valence-corrected chi connectivity index (χ4v) is 3.05. The van der Waals surface area contributed by atoms with Gasteiger partial charge in [0, 0.05) is 12.7 Å². The van der Waals surface area contributed by atoms with E-state index in [1.165, 1.54) is 0 Å². The molecule has 0 aliphatic carbocycles. The second kappa shape index (κ2) is 6.32. The largest absolute Gasteiger partial charge is 0.470 e. The standard InChI is InChI=1S/C16H20N4O2/c1-19-7-3-5-13(9-19)16(21)20-10-14(11-20)22-15-12(8-17)4-2-6-18-15/h2,4,6,13-14H,3,5,7,9-11H2,1H3. The lowest BCUT2D eigenvalue weighted by Gasteiger charge is -2.42. The Bertz CT molecular complexity index is 592. The molecule has 3 heterocycles. The van der Waals surface area contributed by atoms with Gasteiger partial charge < -0.3 is 14.5 Å². The molecule has 2 saturated heterocycles. The molecule has 1 aromatic heterocycles. The molecule has 1 aromatic rings. The van der Waals surface area contributed by atoms with Crippen molar-refractivity contribution in [2.45, 2.75) is 18.9 Å². The Morgan fingerprint density at radius 2 is 2.27 bits per heavy atom. The number of pyridine rings is 1. The minimum Gasteiger partial charge on any atom is -0.470 e. The molecule has 0 spiro atoms. The Hall–Kier alpha value is -2.13. The van der Waals surface area contributed by atoms with Crippen LogP contribution in [0.5, 0.6) is 5.88 Å². The van der Waals surface area contributed by atoms with Crippen LogP contribution in [0.25, 0.3) is 0 Å². The number of carbonyl (C=O) groups is 1. The van der Waals surface area contributed by atoms with E-state index in [0.717, 1.165) is 25.9 Å². The SMILES string of the molecule is CN1CCCC(C(=O)N2CC(Oc3ncccc3C#N)C2)C1. The maximum atomic E-state index is 12.4. The van der Waals surface area contributed by atoms with Crippen molar-refractivity contribution >= 4 is 5.91 Å². The van der Waals surface area contributed by atoms with Crippen LogP contribution in [0.1, 0.15) is 18.4 Å². The Balaban J connectivity index is 1.52. The van der Waals surface area contributed by atoms with Gasteiger partial charge in [0.1, 0.15) is 17.7 Å². The van der Waals surface area contributed by atoms with E-state index in [9.17, 15) is 4.79 Å². The van der Waals surface area contributed by atoms with Gasteiger partial charge in [-0.15, -0.1) is 0 Å². The Kier molecular flexibility index (Phi) is 4.25. The Morgan fingerprint density at radius 3 is 3.00 bits per heavy atom. The molecule has 1 amide bonds. The normalized spacial score (nSPS) is 22.7. The molecule has 2 aliphatic rings. The lowest BCUT2D eigenvalue weighted by molar-refractivity contribution is -0.146. The van der Waals surface area contributed by atoms with Crippen LogP contribution in [-0.2, 0) is 4.79 Å². The van der Waals surface area contributed by atoms with Gasteiger partial charge in [0.15, 0.2) is 0 Å². The lowest BCUT2D eigenvalue weighted by Crippen LogP contribution is -2.58. The molecule has 2 fully saturated rings. The number of carbonyl (C=O) groups excluding carboxylic acids is 1. The van der Waals surface area contributed by atoms with Crippen molar-refractivity contribution in [2.24, 2.45) is 5.92 Å². The summed E-state index contributed by atoms with van der Waals surface area (Å²) in [6, 6.07) is 5.46. The molecule has 2 aliphatic heterocycles. The van der Waals surface area contributed by atoms with Gasteiger partial charge in [0.2, 0.25) is 11.8 Å². The van der Waals surface area contributed by atoms with Crippen molar-refractivity contribution in [2.75, 3.05) is 33.2 Å². The van der Waals surface area contributed by atoms with Gasteiger partial charge in [-0.1, -0.05) is 0 Å². The van der Waals surface area contributed by atoms with E-state index < -0.39 is 0 Å². The maximum absolute atomic E-state index is 12.4. The number of piperidine rings is 1. The summed E-state index contributed by atoms with van der Waals surface area (Å²) in [4.78, 5) is 20.6. The summed E-state index contributed by atoms with van der Waals surface area (Å²) in [5, 5.41) is 9.02. The molecule has 6 heteroatoms. The molecule has 0 aromatic carbocycles. The van der Waals surface area contributed by atoms with Crippen molar-refractivity contribution in [1.82, 2.24) is 14.8 Å². The summed E-state index contributed by atoms with van der Waals surface area (Å²) in [6.45, 7) is 3.09. The first-order valence-electron chi connectivity index (χ1n) is 7.66. The first kappa shape index (κ1) is 14.8. The van der Waals surface area contributed by atoms with Gasteiger partial charge in [-0.05, 0) is 38.6 Å². The summed E-state index contributed by atoms with van der Waals surface area (Å²) < 4.78 is 5.72. The third-order valence-electron chi connectivity index (χ3n) is 4.30. The quantitative estimate of drug-likeness (QED) is 0.829. The number of nitrogens with zero attached hydrogens (tertiary/aromatic N) is 4. The number of amides is 1. The van der Waals surface area contributed by atoms with Crippen molar-refractivity contribution in [3.05, 3.63) is 23.9 Å². The molecule has 6 nitrogen and oxygen atoms in total. The van der Waals surface area contributed by atoms with Crippen LogP contribution in [0.4, 0.5) is 0 Å². The molecule has 22 heavy (non-hydrogen) atoms. The van der Waals surface area contributed by atoms with E-state index in [4.69, 9.17) is 10.00 Å². The fourth-order valence-electron chi connectivity index (χ4n) is 3.05. The van der Waals surface area contributed by atoms with Crippen LogP contribution in [0.15, 0.2) is 18.3 Å². The molecule has 3 rings (SSSR count). The highest BCUT2D eigenvalue weighted by molar-refractivity contribution is 5.80. The number of rotatable bonds is 3. The van der Waals surface area contributed by atoms with Crippen LogP contribution in [-0.4, -0.2) is 60.0 Å². The molecule has 0 radical (unpaired) electrons. The topological polar surface area (TPSA) is 69.5 Å². The monoisotopic (exact) mass is 300 g/mol. The predicted octanol–water partition coefficient (Wildman–Crippen LogP) is 0.885. The smallest absolute Gasteiger partial charge is 0.232 e. The Morgan fingerprint density at radius 1 is 1.45 bits per heavy atom. The third kappa shape index (κ3) is 3.04. The molecule has 0 N–H and O–H groups in total. The van der Waals surface area contributed by atoms with Crippen molar-refractivity contribution in [3.8, 4) is 11.9 Å². The van der Waals surface area contributed by atoms with E-state index in [-0.39, 0.29) is 17.9 Å². The van der Waals surface area contributed by atoms with Crippen molar-refractivity contribution < 1.29 is 9.53 Å². The molecular formula is C16H20N4O2. The number of hydrogen-bond acceptors (Lipinski definition) is 5. The molecule has 1 unspecified atom stereocenters. The zero-order valence-corrected chi connectivity index (χ0v) is 12.7. The van der Waals surface area contributed by atoms with Crippen LogP contribution >= 0.6 is 0 Å². The molecular weight excluding hydrogens is 280 g/mol. The third-order valence-corrected chi connectivity index (χ3v) is 4.30. The summed E-state index contributed by atoms with van der Waals surface area (Å²) in [5.74, 6) is 0.705. The van der Waals surface area contributed by atoms with Gasteiger partial charge in [-0.2, -0.15) is 5.26 Å². The van der Waals surface area contributed by atoms with Gasteiger partial charge in [0.25, 0.3) is 0 Å². The van der Waals surface area contributed by atoms with E-state index >= 15 is 0 Å². The first-order chi connectivity index (χ1) is 10.7. The number of likely N-dealkylation sites (tertiary alicyclic amines) is 2. The van der Waals surface area contributed by atoms with E-state index in [0.29, 0.717) is 24.5 Å². The summed E-state index contributed by atoms with van der Waals surface area (Å²) in [6.07, 6.45) is 3.60. The Labute approximate surface area is 130 Å². The fraction of sp³-hybridized carbons (Fsp3) is 0.562. The highest BCUT2D eigenvalue weighted by atomic mass is 16.5.